The third kappa shape index (κ3) is 1.91. The molecule has 0 aliphatic carbocycles. The van der Waals surface area contributed by atoms with Crippen molar-refractivity contribution in [2.24, 2.45) is 5.73 Å². The summed E-state index contributed by atoms with van der Waals surface area (Å²) in [5.74, 6) is -0.211. The zero-order chi connectivity index (χ0) is 14.3. The summed E-state index contributed by atoms with van der Waals surface area (Å²) in [7, 11) is 1.64. The number of nitrogens with zero attached hydrogens (tertiary/aromatic N) is 3. The van der Waals surface area contributed by atoms with Gasteiger partial charge in [0.15, 0.2) is 5.82 Å². The van der Waals surface area contributed by atoms with E-state index in [2.05, 4.69) is 5.10 Å². The van der Waals surface area contributed by atoms with E-state index in [4.69, 9.17) is 16.3 Å². The van der Waals surface area contributed by atoms with Crippen LogP contribution in [-0.4, -0.2) is 40.8 Å². The summed E-state index contributed by atoms with van der Waals surface area (Å²) in [5, 5.41) is 6.04. The van der Waals surface area contributed by atoms with Gasteiger partial charge in [-0.3, -0.25) is 4.79 Å². The van der Waals surface area contributed by atoms with E-state index < -0.39 is 5.91 Å². The molecule has 4 N–H and O–H groups in total. The van der Waals surface area contributed by atoms with Crippen molar-refractivity contribution in [3.8, 4) is 0 Å². The molecule has 1 amide bonds. The highest BCUT2D eigenvalue weighted by Crippen LogP contribution is 2.34. The molecule has 1 fully saturated rings. The zero-order valence-corrected chi connectivity index (χ0v) is 11.2. The number of nitrogens with two attached hydrogens (primary N) is 2. The SMILES string of the molecule is CON1CCC(c2c(C(N)=O)c(N)nn3cccc23)C1. The van der Waals surface area contributed by atoms with Crippen LogP contribution in [0.15, 0.2) is 18.3 Å². The van der Waals surface area contributed by atoms with Gasteiger partial charge in [0.2, 0.25) is 0 Å². The Morgan fingerprint density at radius 3 is 3.00 bits per heavy atom. The first-order chi connectivity index (χ1) is 9.61. The summed E-state index contributed by atoms with van der Waals surface area (Å²) in [4.78, 5) is 17.0. The molecule has 1 aliphatic rings. The molecule has 2 aromatic rings. The van der Waals surface area contributed by atoms with Crippen LogP contribution in [-0.2, 0) is 4.84 Å². The van der Waals surface area contributed by atoms with Crippen molar-refractivity contribution in [1.29, 1.82) is 0 Å². The van der Waals surface area contributed by atoms with Gasteiger partial charge in [-0.1, -0.05) is 0 Å². The molecule has 0 aromatic carbocycles. The normalized spacial score (nSPS) is 19.8. The van der Waals surface area contributed by atoms with Crippen LogP contribution >= 0.6 is 0 Å². The summed E-state index contributed by atoms with van der Waals surface area (Å²) >= 11 is 0. The number of hydrogen-bond donors (Lipinski definition) is 2. The summed E-state index contributed by atoms with van der Waals surface area (Å²) < 4.78 is 1.69. The van der Waals surface area contributed by atoms with Crippen molar-refractivity contribution in [1.82, 2.24) is 14.7 Å². The van der Waals surface area contributed by atoms with Gasteiger partial charge in [-0.2, -0.15) is 5.06 Å². The third-order valence-corrected chi connectivity index (χ3v) is 3.81. The fraction of sp³-hybridized carbons (Fsp3) is 0.385. The van der Waals surface area contributed by atoms with Crippen LogP contribution in [0.2, 0.25) is 0 Å². The molecule has 0 saturated carbocycles. The topological polar surface area (TPSA) is 98.9 Å². The van der Waals surface area contributed by atoms with E-state index in [1.54, 1.807) is 11.6 Å². The van der Waals surface area contributed by atoms with Crippen LogP contribution in [0.5, 0.6) is 0 Å². The van der Waals surface area contributed by atoms with Crippen LogP contribution in [0.3, 0.4) is 0 Å². The Balaban J connectivity index is 2.18. The molecule has 1 atom stereocenters. The molecule has 0 radical (unpaired) electrons. The van der Waals surface area contributed by atoms with Gasteiger partial charge in [0.25, 0.3) is 5.91 Å². The number of aromatic nitrogens is 2. The highest BCUT2D eigenvalue weighted by molar-refractivity contribution is 6.00. The number of hydrogen-bond acceptors (Lipinski definition) is 5. The van der Waals surface area contributed by atoms with Crippen LogP contribution in [0, 0.1) is 0 Å². The molecule has 3 heterocycles. The first-order valence-electron chi connectivity index (χ1n) is 6.47. The minimum absolute atomic E-state index is 0.153. The third-order valence-electron chi connectivity index (χ3n) is 3.81. The van der Waals surface area contributed by atoms with Crippen LogP contribution in [0.1, 0.15) is 28.3 Å². The van der Waals surface area contributed by atoms with E-state index in [0.29, 0.717) is 12.1 Å². The Kier molecular flexibility index (Phi) is 3.07. The molecule has 7 nitrogen and oxygen atoms in total. The number of amides is 1. The Morgan fingerprint density at radius 1 is 1.55 bits per heavy atom. The smallest absolute Gasteiger partial charge is 0.252 e. The molecule has 20 heavy (non-hydrogen) atoms. The van der Waals surface area contributed by atoms with E-state index >= 15 is 0 Å². The maximum atomic E-state index is 11.8. The molecule has 0 spiro atoms. The van der Waals surface area contributed by atoms with E-state index in [0.717, 1.165) is 24.0 Å². The standard InChI is InChI=1S/C13H17N5O2/c1-20-17-6-4-8(7-17)10-9-3-2-5-18(9)16-12(14)11(10)13(15)19/h2-3,5,8H,4,6-7H2,1H3,(H2,14,16)(H2,15,19). The number of hydroxylamine groups is 2. The lowest BCUT2D eigenvalue weighted by molar-refractivity contribution is -0.113. The average molecular weight is 275 g/mol. The number of fused-ring (bicyclic) bond motifs is 1. The van der Waals surface area contributed by atoms with Gasteiger partial charge >= 0.3 is 0 Å². The fourth-order valence-corrected chi connectivity index (χ4v) is 2.91. The van der Waals surface area contributed by atoms with Crippen molar-refractivity contribution in [2.45, 2.75) is 12.3 Å². The van der Waals surface area contributed by atoms with Crippen molar-refractivity contribution in [3.63, 3.8) is 0 Å². The summed E-state index contributed by atoms with van der Waals surface area (Å²) in [6.45, 7) is 1.52. The van der Waals surface area contributed by atoms with E-state index in [9.17, 15) is 4.79 Å². The molecule has 1 aliphatic heterocycles. The number of carbonyl (C=O) groups excluding carboxylic acids is 1. The van der Waals surface area contributed by atoms with Gasteiger partial charge in [0.05, 0.1) is 18.2 Å². The maximum Gasteiger partial charge on any atom is 0.252 e. The highest BCUT2D eigenvalue weighted by atomic mass is 16.7. The number of rotatable bonds is 3. The molecule has 2 aromatic heterocycles. The highest BCUT2D eigenvalue weighted by Gasteiger charge is 2.30. The lowest BCUT2D eigenvalue weighted by atomic mass is 9.93. The van der Waals surface area contributed by atoms with Crippen molar-refractivity contribution >= 4 is 17.2 Å². The zero-order valence-electron chi connectivity index (χ0n) is 11.2. The molecular weight excluding hydrogens is 258 g/mol. The first-order valence-corrected chi connectivity index (χ1v) is 6.47. The molecule has 1 saturated heterocycles. The van der Waals surface area contributed by atoms with Crippen molar-refractivity contribution in [3.05, 3.63) is 29.5 Å². The van der Waals surface area contributed by atoms with Crippen molar-refractivity contribution < 1.29 is 9.63 Å². The van der Waals surface area contributed by atoms with Gasteiger partial charge in [-0.15, -0.1) is 5.10 Å². The van der Waals surface area contributed by atoms with E-state index in [1.165, 1.54) is 0 Å². The monoisotopic (exact) mass is 275 g/mol. The molecule has 3 rings (SSSR count). The van der Waals surface area contributed by atoms with Crippen molar-refractivity contribution in [2.75, 3.05) is 25.9 Å². The summed E-state index contributed by atoms with van der Waals surface area (Å²) in [6.07, 6.45) is 2.70. The maximum absolute atomic E-state index is 11.8. The second kappa shape index (κ2) is 4.77. The Labute approximate surface area is 116 Å². The first kappa shape index (κ1) is 12.9. The molecule has 0 bridgehead atoms. The second-order valence-corrected chi connectivity index (χ2v) is 4.93. The number of anilines is 1. The number of primary amides is 1. The van der Waals surface area contributed by atoms with Crippen LogP contribution < -0.4 is 11.5 Å². The number of carbonyl (C=O) groups is 1. The lowest BCUT2D eigenvalue weighted by Crippen LogP contribution is -2.23. The van der Waals surface area contributed by atoms with Gasteiger partial charge in [0.1, 0.15) is 0 Å². The Hall–Kier alpha value is -2.12. The van der Waals surface area contributed by atoms with Crippen LogP contribution in [0.4, 0.5) is 5.82 Å². The van der Waals surface area contributed by atoms with Gasteiger partial charge < -0.3 is 16.3 Å². The molecule has 106 valence electrons. The second-order valence-electron chi connectivity index (χ2n) is 4.93. The van der Waals surface area contributed by atoms with E-state index in [-0.39, 0.29) is 11.7 Å². The quantitative estimate of drug-likeness (QED) is 0.843. The van der Waals surface area contributed by atoms with Gasteiger partial charge in [0, 0.05) is 25.2 Å². The molecule has 7 heteroatoms. The Bertz CT molecular complexity index is 666. The predicted octanol–water partition coefficient (Wildman–Crippen LogP) is 0.366. The van der Waals surface area contributed by atoms with Gasteiger partial charge in [-0.25, -0.2) is 4.52 Å². The number of nitrogen functional groups attached to an aromatic ring is 1. The average Bonchev–Trinajstić information content (AvgIpc) is 3.04. The minimum Gasteiger partial charge on any atom is -0.382 e. The van der Waals surface area contributed by atoms with Crippen LogP contribution in [0.25, 0.3) is 5.52 Å². The Morgan fingerprint density at radius 2 is 2.35 bits per heavy atom. The predicted molar refractivity (Wildman–Crippen MR) is 74.1 cm³/mol. The fourth-order valence-electron chi connectivity index (χ4n) is 2.91. The minimum atomic E-state index is -0.537. The molecule has 1 unspecified atom stereocenters. The van der Waals surface area contributed by atoms with E-state index in [1.807, 2.05) is 23.4 Å². The van der Waals surface area contributed by atoms with Gasteiger partial charge in [-0.05, 0) is 24.1 Å². The lowest BCUT2D eigenvalue weighted by Gasteiger charge is -2.17. The summed E-state index contributed by atoms with van der Waals surface area (Å²) in [6, 6.07) is 3.79. The summed E-state index contributed by atoms with van der Waals surface area (Å²) in [5.41, 5.74) is 13.5. The largest absolute Gasteiger partial charge is 0.382 e. The molecular formula is C13H17N5O2.